The molecule has 3 rings (SSSR count). The molecule has 1 aromatic heterocycles. The van der Waals surface area contributed by atoms with Crippen LogP contribution in [-0.4, -0.2) is 18.4 Å². The first-order chi connectivity index (χ1) is 12.7. The van der Waals surface area contributed by atoms with E-state index in [1.54, 1.807) is 42.7 Å². The number of nitrogens with one attached hydrogen (secondary N) is 3. The van der Waals surface area contributed by atoms with Gasteiger partial charge in [0.1, 0.15) is 5.76 Å². The van der Waals surface area contributed by atoms with Gasteiger partial charge in [-0.05, 0) is 36.4 Å². The molecule has 0 radical (unpaired) electrons. The highest BCUT2D eigenvalue weighted by Crippen LogP contribution is 2.15. The zero-order valence-corrected chi connectivity index (χ0v) is 14.1. The summed E-state index contributed by atoms with van der Waals surface area (Å²) in [4.78, 5) is 24.5. The van der Waals surface area contributed by atoms with Crippen molar-refractivity contribution >= 4 is 23.2 Å². The Hall–Kier alpha value is -3.54. The molecule has 0 bridgehead atoms. The molecule has 3 aromatic rings. The normalized spacial score (nSPS) is 10.2. The number of carbonyl (C=O) groups excluding carboxylic acids is 2. The molecule has 0 spiro atoms. The molecular weight excluding hydrogens is 330 g/mol. The lowest BCUT2D eigenvalue weighted by atomic mass is 10.1. The minimum Gasteiger partial charge on any atom is -0.467 e. The number of benzene rings is 2. The summed E-state index contributed by atoms with van der Waals surface area (Å²) >= 11 is 0. The van der Waals surface area contributed by atoms with E-state index in [1.165, 1.54) is 0 Å². The highest BCUT2D eigenvalue weighted by Gasteiger charge is 2.12. The zero-order chi connectivity index (χ0) is 18.2. The minimum atomic E-state index is -0.243. The molecule has 0 fully saturated rings. The van der Waals surface area contributed by atoms with Crippen LogP contribution in [0.2, 0.25) is 0 Å². The van der Waals surface area contributed by atoms with Crippen molar-refractivity contribution in [2.24, 2.45) is 0 Å². The molecule has 6 nitrogen and oxygen atoms in total. The lowest BCUT2D eigenvalue weighted by Gasteiger charge is -2.12. The van der Waals surface area contributed by atoms with Crippen molar-refractivity contribution in [1.82, 2.24) is 5.32 Å². The molecule has 26 heavy (non-hydrogen) atoms. The van der Waals surface area contributed by atoms with Gasteiger partial charge in [-0.3, -0.25) is 9.59 Å². The van der Waals surface area contributed by atoms with Gasteiger partial charge in [0.05, 0.1) is 24.9 Å². The lowest BCUT2D eigenvalue weighted by molar-refractivity contribution is -0.114. The summed E-state index contributed by atoms with van der Waals surface area (Å²) in [5, 5.41) is 8.60. The Labute approximate surface area is 151 Å². The van der Waals surface area contributed by atoms with Gasteiger partial charge in [0, 0.05) is 11.4 Å². The molecule has 0 aliphatic heterocycles. The Morgan fingerprint density at radius 3 is 2.42 bits per heavy atom. The second-order valence-corrected chi connectivity index (χ2v) is 5.58. The largest absolute Gasteiger partial charge is 0.467 e. The summed E-state index contributed by atoms with van der Waals surface area (Å²) in [6, 6.07) is 19.8. The molecule has 0 saturated heterocycles. The van der Waals surface area contributed by atoms with Gasteiger partial charge in [0.25, 0.3) is 5.91 Å². The predicted octanol–water partition coefficient (Wildman–Crippen LogP) is 3.26. The average Bonchev–Trinajstić information content (AvgIpc) is 3.19. The van der Waals surface area contributed by atoms with Gasteiger partial charge >= 0.3 is 0 Å². The highest BCUT2D eigenvalue weighted by atomic mass is 16.3. The second kappa shape index (κ2) is 8.53. The van der Waals surface area contributed by atoms with Crippen LogP contribution < -0.4 is 16.0 Å². The number of hydrogen-bond donors (Lipinski definition) is 3. The van der Waals surface area contributed by atoms with Crippen LogP contribution in [0.5, 0.6) is 0 Å². The number of amides is 2. The van der Waals surface area contributed by atoms with E-state index in [0.717, 1.165) is 5.69 Å². The molecule has 0 saturated carbocycles. The van der Waals surface area contributed by atoms with Gasteiger partial charge in [-0.2, -0.15) is 0 Å². The summed E-state index contributed by atoms with van der Waals surface area (Å²) in [5.74, 6) is 0.237. The van der Waals surface area contributed by atoms with E-state index in [1.807, 2.05) is 30.3 Å². The maximum absolute atomic E-state index is 12.4. The van der Waals surface area contributed by atoms with Crippen molar-refractivity contribution in [3.63, 3.8) is 0 Å². The van der Waals surface area contributed by atoms with Crippen molar-refractivity contribution in [3.8, 4) is 0 Å². The molecule has 3 N–H and O–H groups in total. The zero-order valence-electron chi connectivity index (χ0n) is 14.1. The van der Waals surface area contributed by atoms with Crippen molar-refractivity contribution in [2.75, 3.05) is 17.2 Å². The van der Waals surface area contributed by atoms with Crippen LogP contribution in [0.1, 0.15) is 16.1 Å². The van der Waals surface area contributed by atoms with Crippen LogP contribution in [0.15, 0.2) is 77.4 Å². The van der Waals surface area contributed by atoms with Gasteiger partial charge in [0.2, 0.25) is 5.91 Å². The molecule has 2 aromatic carbocycles. The van der Waals surface area contributed by atoms with Crippen LogP contribution in [0.4, 0.5) is 11.4 Å². The minimum absolute atomic E-state index is 0.0529. The van der Waals surface area contributed by atoms with E-state index in [2.05, 4.69) is 16.0 Å². The molecule has 0 atom stereocenters. The second-order valence-electron chi connectivity index (χ2n) is 5.58. The maximum Gasteiger partial charge on any atom is 0.253 e. The molecule has 2 amide bonds. The quantitative estimate of drug-likeness (QED) is 0.611. The smallest absolute Gasteiger partial charge is 0.253 e. The Morgan fingerprint density at radius 2 is 1.65 bits per heavy atom. The van der Waals surface area contributed by atoms with Gasteiger partial charge in [-0.25, -0.2) is 0 Å². The van der Waals surface area contributed by atoms with E-state index in [-0.39, 0.29) is 18.4 Å². The maximum atomic E-state index is 12.4. The van der Waals surface area contributed by atoms with E-state index in [9.17, 15) is 9.59 Å². The third-order valence-electron chi connectivity index (χ3n) is 3.67. The standard InChI is InChI=1S/C20H19N3O3/c24-19(23-15-7-2-1-3-8-15)14-21-18-11-5-4-10-17(18)20(25)22-13-16-9-6-12-26-16/h1-12,21H,13-14H2,(H,22,25)(H,23,24). The van der Waals surface area contributed by atoms with Gasteiger partial charge in [0.15, 0.2) is 0 Å². The van der Waals surface area contributed by atoms with Gasteiger partial charge < -0.3 is 20.4 Å². The molecule has 132 valence electrons. The summed E-state index contributed by atoms with van der Waals surface area (Å²) in [6.45, 7) is 0.353. The van der Waals surface area contributed by atoms with Crippen LogP contribution in [-0.2, 0) is 11.3 Å². The summed E-state index contributed by atoms with van der Waals surface area (Å²) in [5.41, 5.74) is 1.78. The van der Waals surface area contributed by atoms with Crippen molar-refractivity contribution in [2.45, 2.75) is 6.54 Å². The first-order valence-corrected chi connectivity index (χ1v) is 8.21. The first kappa shape index (κ1) is 17.3. The van der Waals surface area contributed by atoms with Crippen LogP contribution in [0, 0.1) is 0 Å². The Balaban J connectivity index is 1.58. The van der Waals surface area contributed by atoms with Crippen LogP contribution >= 0.6 is 0 Å². The summed E-state index contributed by atoms with van der Waals surface area (Å²) in [6.07, 6.45) is 1.56. The topological polar surface area (TPSA) is 83.4 Å². The van der Waals surface area contributed by atoms with E-state index in [4.69, 9.17) is 4.42 Å². The highest BCUT2D eigenvalue weighted by molar-refractivity contribution is 6.00. The van der Waals surface area contributed by atoms with Crippen LogP contribution in [0.25, 0.3) is 0 Å². The molecule has 0 aliphatic rings. The molecule has 0 aliphatic carbocycles. The molecule has 0 unspecified atom stereocenters. The van der Waals surface area contributed by atoms with Gasteiger partial charge in [-0.15, -0.1) is 0 Å². The number of carbonyl (C=O) groups is 2. The van der Waals surface area contributed by atoms with E-state index >= 15 is 0 Å². The van der Waals surface area contributed by atoms with Crippen LogP contribution in [0.3, 0.4) is 0 Å². The molecule has 1 heterocycles. The summed E-state index contributed by atoms with van der Waals surface area (Å²) < 4.78 is 5.20. The Kier molecular flexibility index (Phi) is 5.67. The Morgan fingerprint density at radius 1 is 0.885 bits per heavy atom. The monoisotopic (exact) mass is 349 g/mol. The SMILES string of the molecule is O=C(CNc1ccccc1C(=O)NCc1ccco1)Nc1ccccc1. The number of anilines is 2. The van der Waals surface area contributed by atoms with Crippen molar-refractivity contribution < 1.29 is 14.0 Å². The fraction of sp³-hybridized carbons (Fsp3) is 0.100. The predicted molar refractivity (Wildman–Crippen MR) is 99.9 cm³/mol. The third-order valence-corrected chi connectivity index (χ3v) is 3.67. The van der Waals surface area contributed by atoms with Crippen molar-refractivity contribution in [1.29, 1.82) is 0 Å². The number of para-hydroxylation sites is 2. The Bertz CT molecular complexity index is 861. The third kappa shape index (κ3) is 4.73. The molecular formula is C20H19N3O3. The number of furan rings is 1. The molecule has 6 heteroatoms. The fourth-order valence-corrected chi connectivity index (χ4v) is 2.41. The number of hydrogen-bond acceptors (Lipinski definition) is 4. The van der Waals surface area contributed by atoms with Gasteiger partial charge in [-0.1, -0.05) is 30.3 Å². The fourth-order valence-electron chi connectivity index (χ4n) is 2.41. The first-order valence-electron chi connectivity index (χ1n) is 8.21. The van der Waals surface area contributed by atoms with E-state index in [0.29, 0.717) is 23.6 Å². The lowest BCUT2D eigenvalue weighted by Crippen LogP contribution is -2.26. The van der Waals surface area contributed by atoms with Crippen molar-refractivity contribution in [3.05, 3.63) is 84.3 Å². The number of rotatable bonds is 7. The summed E-state index contributed by atoms with van der Waals surface area (Å²) in [7, 11) is 0. The van der Waals surface area contributed by atoms with E-state index < -0.39 is 0 Å². The average molecular weight is 349 g/mol.